The number of carbonyl (C=O) groups is 1. The summed E-state index contributed by atoms with van der Waals surface area (Å²) in [6.07, 6.45) is 12.7. The van der Waals surface area contributed by atoms with E-state index in [-0.39, 0.29) is 0 Å². The van der Waals surface area contributed by atoms with Gasteiger partial charge in [-0.3, -0.25) is 0 Å². The highest BCUT2D eigenvalue weighted by atomic mass is 16.1. The van der Waals surface area contributed by atoms with Crippen LogP contribution in [0.5, 0.6) is 0 Å². The minimum atomic E-state index is 0.584. The van der Waals surface area contributed by atoms with E-state index in [9.17, 15) is 4.79 Å². The van der Waals surface area contributed by atoms with Crippen molar-refractivity contribution in [3.63, 3.8) is 0 Å². The molecule has 0 bridgehead atoms. The summed E-state index contributed by atoms with van der Waals surface area (Å²) >= 11 is 0. The zero-order valence-electron chi connectivity index (χ0n) is 9.50. The van der Waals surface area contributed by atoms with E-state index < -0.39 is 0 Å². The lowest BCUT2D eigenvalue weighted by Gasteiger charge is -2.06. The third kappa shape index (κ3) is 9.50. The van der Waals surface area contributed by atoms with Crippen LogP contribution >= 0.6 is 0 Å². The predicted molar refractivity (Wildman–Crippen MR) is 62.4 cm³/mol. The standard InChI is InChI=1S/C13H24O/c1-3-4-5-6-7-8-9-10-13(2)11-12-14/h3,12-13H,1,4-11H2,2H3/t13-/m0/s1. The second-order valence-electron chi connectivity index (χ2n) is 4.14. The van der Waals surface area contributed by atoms with Gasteiger partial charge in [0.1, 0.15) is 6.29 Å². The second-order valence-corrected chi connectivity index (χ2v) is 4.14. The maximum atomic E-state index is 10.2. The molecule has 0 heterocycles. The van der Waals surface area contributed by atoms with Gasteiger partial charge in [-0.2, -0.15) is 0 Å². The van der Waals surface area contributed by atoms with E-state index in [1.165, 1.54) is 38.5 Å². The topological polar surface area (TPSA) is 17.1 Å². The third-order valence-corrected chi connectivity index (χ3v) is 2.60. The minimum absolute atomic E-state index is 0.584. The molecular weight excluding hydrogens is 172 g/mol. The van der Waals surface area contributed by atoms with Gasteiger partial charge in [0.2, 0.25) is 0 Å². The fourth-order valence-electron chi connectivity index (χ4n) is 1.59. The van der Waals surface area contributed by atoms with Crippen molar-refractivity contribution in [2.75, 3.05) is 0 Å². The minimum Gasteiger partial charge on any atom is -0.303 e. The Balaban J connectivity index is 3.04. The average molecular weight is 196 g/mol. The van der Waals surface area contributed by atoms with Crippen LogP contribution in [0.25, 0.3) is 0 Å². The van der Waals surface area contributed by atoms with E-state index in [4.69, 9.17) is 0 Å². The first-order valence-corrected chi connectivity index (χ1v) is 5.85. The van der Waals surface area contributed by atoms with Crippen LogP contribution < -0.4 is 0 Å². The Morgan fingerprint density at radius 1 is 1.14 bits per heavy atom. The van der Waals surface area contributed by atoms with Gasteiger partial charge in [0.25, 0.3) is 0 Å². The van der Waals surface area contributed by atoms with E-state index in [0.29, 0.717) is 5.92 Å². The Labute approximate surface area is 88.6 Å². The van der Waals surface area contributed by atoms with Gasteiger partial charge in [-0.05, 0) is 18.8 Å². The summed E-state index contributed by atoms with van der Waals surface area (Å²) in [4.78, 5) is 10.2. The molecule has 0 fully saturated rings. The number of allylic oxidation sites excluding steroid dienone is 1. The van der Waals surface area contributed by atoms with Crippen LogP contribution in [0.3, 0.4) is 0 Å². The Bertz CT molecular complexity index is 140. The molecular formula is C13H24O. The monoisotopic (exact) mass is 196 g/mol. The van der Waals surface area contributed by atoms with Crippen molar-refractivity contribution in [3.05, 3.63) is 12.7 Å². The van der Waals surface area contributed by atoms with Crippen LogP contribution in [-0.4, -0.2) is 6.29 Å². The molecule has 0 spiro atoms. The lowest BCUT2D eigenvalue weighted by Crippen LogP contribution is -1.95. The van der Waals surface area contributed by atoms with Crippen molar-refractivity contribution in [1.82, 2.24) is 0 Å². The molecule has 0 aromatic carbocycles. The maximum absolute atomic E-state index is 10.2. The summed E-state index contributed by atoms with van der Waals surface area (Å²) in [5, 5.41) is 0. The van der Waals surface area contributed by atoms with Crippen LogP contribution in [0.2, 0.25) is 0 Å². The predicted octanol–water partition coefficient (Wildman–Crippen LogP) is 4.13. The third-order valence-electron chi connectivity index (χ3n) is 2.60. The Kier molecular flexibility index (Phi) is 10.0. The SMILES string of the molecule is C=CCCCCCCC[C@H](C)CC=O. The summed E-state index contributed by atoms with van der Waals surface area (Å²) < 4.78 is 0. The fraction of sp³-hybridized carbons (Fsp3) is 0.769. The molecule has 0 rings (SSSR count). The van der Waals surface area contributed by atoms with Crippen molar-refractivity contribution in [2.24, 2.45) is 5.92 Å². The molecule has 0 aliphatic heterocycles. The molecule has 0 amide bonds. The molecule has 0 aromatic rings. The van der Waals surface area contributed by atoms with Gasteiger partial charge in [-0.25, -0.2) is 0 Å². The van der Waals surface area contributed by atoms with Crippen molar-refractivity contribution < 1.29 is 4.79 Å². The van der Waals surface area contributed by atoms with Crippen LogP contribution in [0, 0.1) is 5.92 Å². The number of unbranched alkanes of at least 4 members (excludes halogenated alkanes) is 5. The number of rotatable bonds is 10. The summed E-state index contributed by atoms with van der Waals surface area (Å²) in [5.74, 6) is 0.584. The summed E-state index contributed by atoms with van der Waals surface area (Å²) in [6.45, 7) is 5.86. The number of hydrogen-bond donors (Lipinski definition) is 0. The number of aldehydes is 1. The summed E-state index contributed by atoms with van der Waals surface area (Å²) in [6, 6.07) is 0. The molecule has 0 saturated heterocycles. The van der Waals surface area contributed by atoms with Gasteiger partial charge < -0.3 is 4.79 Å². The van der Waals surface area contributed by atoms with Crippen LogP contribution in [-0.2, 0) is 4.79 Å². The molecule has 0 aliphatic rings. The van der Waals surface area contributed by atoms with Gasteiger partial charge in [-0.1, -0.05) is 45.1 Å². The molecule has 1 heteroatoms. The highest BCUT2D eigenvalue weighted by molar-refractivity contribution is 5.49. The smallest absolute Gasteiger partial charge is 0.120 e. The Hall–Kier alpha value is -0.590. The Morgan fingerprint density at radius 2 is 1.79 bits per heavy atom. The van der Waals surface area contributed by atoms with E-state index in [0.717, 1.165) is 19.1 Å². The zero-order chi connectivity index (χ0) is 10.6. The van der Waals surface area contributed by atoms with Crippen molar-refractivity contribution >= 4 is 6.29 Å². The van der Waals surface area contributed by atoms with Crippen molar-refractivity contribution in [1.29, 1.82) is 0 Å². The molecule has 1 nitrogen and oxygen atoms in total. The van der Waals surface area contributed by atoms with Gasteiger partial charge in [0, 0.05) is 6.42 Å². The van der Waals surface area contributed by atoms with Crippen LogP contribution in [0.4, 0.5) is 0 Å². The largest absolute Gasteiger partial charge is 0.303 e. The molecule has 0 aromatic heterocycles. The Morgan fingerprint density at radius 3 is 2.43 bits per heavy atom. The van der Waals surface area contributed by atoms with Crippen LogP contribution in [0.15, 0.2) is 12.7 Å². The van der Waals surface area contributed by atoms with E-state index >= 15 is 0 Å². The van der Waals surface area contributed by atoms with Crippen LogP contribution in [0.1, 0.15) is 58.3 Å². The average Bonchev–Trinajstić information content (AvgIpc) is 2.17. The molecule has 82 valence electrons. The molecule has 0 unspecified atom stereocenters. The van der Waals surface area contributed by atoms with Gasteiger partial charge >= 0.3 is 0 Å². The quantitative estimate of drug-likeness (QED) is 0.292. The van der Waals surface area contributed by atoms with E-state index in [1.807, 2.05) is 6.08 Å². The van der Waals surface area contributed by atoms with Gasteiger partial charge in [0.05, 0.1) is 0 Å². The van der Waals surface area contributed by atoms with E-state index in [1.54, 1.807) is 0 Å². The molecule has 14 heavy (non-hydrogen) atoms. The second kappa shape index (κ2) is 10.5. The first-order chi connectivity index (χ1) is 6.81. The van der Waals surface area contributed by atoms with E-state index in [2.05, 4.69) is 13.5 Å². The number of hydrogen-bond acceptors (Lipinski definition) is 1. The molecule has 1 atom stereocenters. The highest BCUT2D eigenvalue weighted by Gasteiger charge is 1.99. The summed E-state index contributed by atoms with van der Waals surface area (Å²) in [5.41, 5.74) is 0. The lowest BCUT2D eigenvalue weighted by molar-refractivity contribution is -0.108. The highest BCUT2D eigenvalue weighted by Crippen LogP contribution is 2.13. The maximum Gasteiger partial charge on any atom is 0.120 e. The van der Waals surface area contributed by atoms with Crippen molar-refractivity contribution in [2.45, 2.75) is 58.3 Å². The van der Waals surface area contributed by atoms with Gasteiger partial charge in [0.15, 0.2) is 0 Å². The molecule has 0 saturated carbocycles. The lowest BCUT2D eigenvalue weighted by atomic mass is 10.00. The normalized spacial score (nSPS) is 12.4. The number of carbonyl (C=O) groups excluding carboxylic acids is 1. The van der Waals surface area contributed by atoms with Crippen molar-refractivity contribution in [3.8, 4) is 0 Å². The molecule has 0 aliphatic carbocycles. The first-order valence-electron chi connectivity index (χ1n) is 5.85. The molecule has 0 N–H and O–H groups in total. The summed E-state index contributed by atoms with van der Waals surface area (Å²) in [7, 11) is 0. The zero-order valence-corrected chi connectivity index (χ0v) is 9.50. The fourth-order valence-corrected chi connectivity index (χ4v) is 1.59. The van der Waals surface area contributed by atoms with Gasteiger partial charge in [-0.15, -0.1) is 6.58 Å². The first kappa shape index (κ1) is 13.4. The molecule has 0 radical (unpaired) electrons.